The van der Waals surface area contributed by atoms with Crippen LogP contribution in [0, 0.1) is 0 Å². The molecule has 0 aliphatic carbocycles. The largest absolute Gasteiger partial charge is 0.496 e. The van der Waals surface area contributed by atoms with Gasteiger partial charge in [0.05, 0.1) is 13.2 Å². The Hall–Kier alpha value is -1.53. The predicted octanol–water partition coefficient (Wildman–Crippen LogP) is 2.03. The van der Waals surface area contributed by atoms with E-state index in [9.17, 15) is 5.11 Å². The summed E-state index contributed by atoms with van der Waals surface area (Å²) in [5.41, 5.74) is 0.771. The van der Waals surface area contributed by atoms with E-state index in [0.717, 1.165) is 15.6 Å². The van der Waals surface area contributed by atoms with Crippen LogP contribution in [0.25, 0.3) is 0 Å². The number of benzene rings is 1. The second-order valence-electron chi connectivity index (χ2n) is 3.87. The van der Waals surface area contributed by atoms with Gasteiger partial charge in [-0.3, -0.25) is 0 Å². The van der Waals surface area contributed by atoms with E-state index in [0.29, 0.717) is 5.75 Å². The quantitative estimate of drug-likeness (QED) is 0.916. The van der Waals surface area contributed by atoms with Crippen molar-refractivity contribution in [2.75, 3.05) is 7.11 Å². The number of aliphatic hydroxyl groups is 1. The van der Waals surface area contributed by atoms with Crippen LogP contribution < -0.4 is 4.74 Å². The van der Waals surface area contributed by atoms with Gasteiger partial charge in [-0.25, -0.2) is 0 Å². The molecule has 0 spiro atoms. The van der Waals surface area contributed by atoms with Crippen molar-refractivity contribution in [1.29, 1.82) is 0 Å². The lowest BCUT2D eigenvalue weighted by Gasteiger charge is -2.15. The molecule has 1 aromatic carbocycles. The summed E-state index contributed by atoms with van der Waals surface area (Å²) >= 11 is 1.45. The molecule has 0 bridgehead atoms. The van der Waals surface area contributed by atoms with Crippen LogP contribution in [0.4, 0.5) is 0 Å². The summed E-state index contributed by atoms with van der Waals surface area (Å²) in [6.45, 7) is 1.72. The zero-order valence-electron chi connectivity index (χ0n) is 10.5. The Morgan fingerprint density at radius 1 is 1.44 bits per heavy atom. The molecule has 0 aliphatic rings. The number of nitrogens with zero attached hydrogens (tertiary/aromatic N) is 3. The van der Waals surface area contributed by atoms with Crippen LogP contribution in [-0.4, -0.2) is 27.0 Å². The first-order valence-electron chi connectivity index (χ1n) is 5.50. The Balaban J connectivity index is 2.41. The molecule has 5 nitrogen and oxygen atoms in total. The van der Waals surface area contributed by atoms with Gasteiger partial charge in [-0.05, 0) is 30.8 Å². The third kappa shape index (κ3) is 2.49. The summed E-state index contributed by atoms with van der Waals surface area (Å²) in [6, 6.07) is 5.66. The van der Waals surface area contributed by atoms with Crippen molar-refractivity contribution in [2.45, 2.75) is 23.1 Å². The highest BCUT2D eigenvalue weighted by atomic mass is 32.2. The SMILES string of the molecule is COc1cccc(Sc2nncn2C)c1C(C)O. The molecule has 2 rings (SSSR count). The summed E-state index contributed by atoms with van der Waals surface area (Å²) < 4.78 is 7.11. The molecule has 18 heavy (non-hydrogen) atoms. The van der Waals surface area contributed by atoms with Gasteiger partial charge in [-0.15, -0.1) is 10.2 Å². The fourth-order valence-corrected chi connectivity index (χ4v) is 2.67. The topological polar surface area (TPSA) is 60.2 Å². The summed E-state index contributed by atoms with van der Waals surface area (Å²) in [4.78, 5) is 0.917. The molecule has 1 aromatic heterocycles. The molecule has 0 saturated heterocycles. The molecule has 0 amide bonds. The van der Waals surface area contributed by atoms with Gasteiger partial charge in [0.1, 0.15) is 12.1 Å². The average molecular weight is 265 g/mol. The van der Waals surface area contributed by atoms with Gasteiger partial charge >= 0.3 is 0 Å². The fourth-order valence-electron chi connectivity index (χ4n) is 1.67. The molecule has 0 saturated carbocycles. The van der Waals surface area contributed by atoms with Crippen LogP contribution in [0.5, 0.6) is 5.75 Å². The number of aryl methyl sites for hydroxylation is 1. The number of ether oxygens (including phenoxy) is 1. The maximum Gasteiger partial charge on any atom is 0.195 e. The number of aliphatic hydroxyl groups excluding tert-OH is 1. The highest BCUT2D eigenvalue weighted by Crippen LogP contribution is 2.37. The Morgan fingerprint density at radius 3 is 2.78 bits per heavy atom. The standard InChI is InChI=1S/C12H15N3O2S/c1-8(16)11-9(17-3)5-4-6-10(11)18-12-14-13-7-15(12)2/h4-8,16H,1-3H3. The molecule has 1 atom stereocenters. The van der Waals surface area contributed by atoms with Crippen LogP contribution in [0.1, 0.15) is 18.6 Å². The molecule has 0 fully saturated rings. The summed E-state index contributed by atoms with van der Waals surface area (Å²) in [7, 11) is 3.47. The molecule has 6 heteroatoms. The van der Waals surface area contributed by atoms with E-state index in [4.69, 9.17) is 4.74 Å². The third-order valence-electron chi connectivity index (χ3n) is 2.53. The van der Waals surface area contributed by atoms with Crippen molar-refractivity contribution in [3.8, 4) is 5.75 Å². The van der Waals surface area contributed by atoms with Crippen LogP contribution in [0.2, 0.25) is 0 Å². The normalized spacial score (nSPS) is 12.4. The summed E-state index contributed by atoms with van der Waals surface area (Å²) in [5.74, 6) is 0.678. The van der Waals surface area contributed by atoms with Gasteiger partial charge in [0, 0.05) is 17.5 Å². The molecule has 1 unspecified atom stereocenters. The number of rotatable bonds is 4. The third-order valence-corrected chi connectivity index (χ3v) is 3.66. The molecule has 0 aliphatic heterocycles. The lowest BCUT2D eigenvalue weighted by molar-refractivity contribution is 0.191. The van der Waals surface area contributed by atoms with Crippen molar-refractivity contribution >= 4 is 11.8 Å². The highest BCUT2D eigenvalue weighted by molar-refractivity contribution is 7.99. The number of hydrogen-bond acceptors (Lipinski definition) is 5. The Kier molecular flexibility index (Phi) is 3.88. The van der Waals surface area contributed by atoms with E-state index in [1.165, 1.54) is 11.8 Å². The van der Waals surface area contributed by atoms with Crippen LogP contribution >= 0.6 is 11.8 Å². The monoisotopic (exact) mass is 265 g/mol. The summed E-state index contributed by atoms with van der Waals surface area (Å²) in [6.07, 6.45) is 1.04. The Morgan fingerprint density at radius 2 is 2.22 bits per heavy atom. The van der Waals surface area contributed by atoms with Crippen molar-refractivity contribution in [3.63, 3.8) is 0 Å². The maximum absolute atomic E-state index is 9.88. The first-order valence-corrected chi connectivity index (χ1v) is 6.32. The van der Waals surface area contributed by atoms with Crippen LogP contribution in [-0.2, 0) is 7.05 Å². The van der Waals surface area contributed by atoms with Crippen LogP contribution in [0.3, 0.4) is 0 Å². The highest BCUT2D eigenvalue weighted by Gasteiger charge is 2.16. The zero-order valence-corrected chi connectivity index (χ0v) is 11.3. The minimum Gasteiger partial charge on any atom is -0.496 e. The molecule has 1 heterocycles. The van der Waals surface area contributed by atoms with Gasteiger partial charge < -0.3 is 14.4 Å². The van der Waals surface area contributed by atoms with E-state index in [1.54, 1.807) is 20.4 Å². The molecule has 2 aromatic rings. The van der Waals surface area contributed by atoms with Gasteiger partial charge in [0.2, 0.25) is 0 Å². The smallest absolute Gasteiger partial charge is 0.195 e. The maximum atomic E-state index is 9.88. The van der Waals surface area contributed by atoms with Crippen molar-refractivity contribution in [2.24, 2.45) is 7.05 Å². The van der Waals surface area contributed by atoms with Crippen molar-refractivity contribution in [3.05, 3.63) is 30.1 Å². The second kappa shape index (κ2) is 5.41. The van der Waals surface area contributed by atoms with Gasteiger partial charge in [-0.2, -0.15) is 0 Å². The fraction of sp³-hybridized carbons (Fsp3) is 0.333. The van der Waals surface area contributed by atoms with E-state index in [2.05, 4.69) is 10.2 Å². The minimum atomic E-state index is -0.600. The first kappa shape index (κ1) is 12.9. The van der Waals surface area contributed by atoms with Gasteiger partial charge in [-0.1, -0.05) is 6.07 Å². The minimum absolute atomic E-state index is 0.600. The average Bonchev–Trinajstić information content (AvgIpc) is 2.74. The Labute approximate surface area is 110 Å². The second-order valence-corrected chi connectivity index (χ2v) is 4.88. The molecule has 1 N–H and O–H groups in total. The zero-order chi connectivity index (χ0) is 13.1. The number of methoxy groups -OCH3 is 1. The molecular weight excluding hydrogens is 250 g/mol. The predicted molar refractivity (Wildman–Crippen MR) is 68.8 cm³/mol. The lowest BCUT2D eigenvalue weighted by atomic mass is 10.1. The van der Waals surface area contributed by atoms with Gasteiger partial charge in [0.25, 0.3) is 0 Å². The van der Waals surface area contributed by atoms with E-state index < -0.39 is 6.10 Å². The van der Waals surface area contributed by atoms with E-state index in [-0.39, 0.29) is 0 Å². The Bertz CT molecular complexity index is 540. The summed E-state index contributed by atoms with van der Waals surface area (Å²) in [5, 5.41) is 18.5. The lowest BCUT2D eigenvalue weighted by Crippen LogP contribution is -1.99. The molecule has 0 radical (unpaired) electrons. The molecular formula is C12H15N3O2S. The molecule has 96 valence electrons. The van der Waals surface area contributed by atoms with Crippen LogP contribution in [0.15, 0.2) is 34.6 Å². The van der Waals surface area contributed by atoms with E-state index in [1.807, 2.05) is 29.8 Å². The van der Waals surface area contributed by atoms with E-state index >= 15 is 0 Å². The first-order chi connectivity index (χ1) is 8.63. The van der Waals surface area contributed by atoms with Gasteiger partial charge in [0.15, 0.2) is 5.16 Å². The number of aromatic nitrogens is 3. The number of hydrogen-bond donors (Lipinski definition) is 1. The van der Waals surface area contributed by atoms with Crippen molar-refractivity contribution < 1.29 is 9.84 Å². The van der Waals surface area contributed by atoms with Crippen molar-refractivity contribution in [1.82, 2.24) is 14.8 Å².